The molecule has 4 heteroatoms. The normalized spacial score (nSPS) is 28.2. The molecule has 1 saturated carbocycles. The Morgan fingerprint density at radius 3 is 2.94 bits per heavy atom. The average Bonchev–Trinajstić information content (AvgIpc) is 2.75. The van der Waals surface area contributed by atoms with Gasteiger partial charge in [0.25, 0.3) is 0 Å². The van der Waals surface area contributed by atoms with Crippen LogP contribution >= 0.6 is 0 Å². The van der Waals surface area contributed by atoms with Crippen molar-refractivity contribution < 1.29 is 4.79 Å². The first-order valence-corrected chi connectivity index (χ1v) is 5.62. The zero-order chi connectivity index (χ0) is 11.0. The van der Waals surface area contributed by atoms with Gasteiger partial charge in [0.2, 0.25) is 0 Å². The predicted molar refractivity (Wildman–Crippen MR) is 60.0 cm³/mol. The van der Waals surface area contributed by atoms with Crippen LogP contribution in [0.5, 0.6) is 0 Å². The second-order valence-electron chi connectivity index (χ2n) is 4.30. The van der Waals surface area contributed by atoms with Gasteiger partial charge in [-0.25, -0.2) is 0 Å². The molecule has 2 atom stereocenters. The van der Waals surface area contributed by atoms with E-state index in [0.29, 0.717) is 12.2 Å². The lowest BCUT2D eigenvalue weighted by Gasteiger charge is -2.24. The molecule has 0 amide bonds. The van der Waals surface area contributed by atoms with Crippen molar-refractivity contribution in [3.63, 3.8) is 0 Å². The number of hydrazone groups is 1. The van der Waals surface area contributed by atoms with Gasteiger partial charge in [0.15, 0.2) is 0 Å². The van der Waals surface area contributed by atoms with E-state index in [1.54, 1.807) is 12.4 Å². The Bertz CT molecular complexity index is 441. The second kappa shape index (κ2) is 3.70. The fourth-order valence-corrected chi connectivity index (χ4v) is 2.51. The summed E-state index contributed by atoms with van der Waals surface area (Å²) in [4.78, 5) is 15.9. The number of nitrogens with one attached hydrogen (secondary N) is 1. The molecule has 16 heavy (non-hydrogen) atoms. The first-order chi connectivity index (χ1) is 7.86. The van der Waals surface area contributed by atoms with Crippen molar-refractivity contribution in [3.8, 4) is 0 Å². The lowest BCUT2D eigenvalue weighted by Crippen LogP contribution is -2.39. The number of hydrogen-bond donors (Lipinski definition) is 1. The third-order valence-corrected chi connectivity index (χ3v) is 3.31. The summed E-state index contributed by atoms with van der Waals surface area (Å²) >= 11 is 0. The largest absolute Gasteiger partial charge is 0.306 e. The standard InChI is InChI=1S/C12H13N3O/c16-10-3-1-2-9-11(10)12(15-14-9)8-4-6-13-7-5-8/h4-7,9,11,14H,1-3H2. The number of rotatable bonds is 1. The van der Waals surface area contributed by atoms with Crippen molar-refractivity contribution in [2.24, 2.45) is 11.0 Å². The molecule has 82 valence electrons. The Morgan fingerprint density at radius 1 is 1.31 bits per heavy atom. The summed E-state index contributed by atoms with van der Waals surface area (Å²) in [7, 11) is 0. The van der Waals surface area contributed by atoms with Crippen LogP contribution in [0, 0.1) is 5.92 Å². The van der Waals surface area contributed by atoms with Crippen LogP contribution in [0.1, 0.15) is 24.8 Å². The monoisotopic (exact) mass is 215 g/mol. The van der Waals surface area contributed by atoms with Crippen LogP contribution in [-0.4, -0.2) is 22.5 Å². The molecule has 0 spiro atoms. The lowest BCUT2D eigenvalue weighted by atomic mass is 9.80. The van der Waals surface area contributed by atoms with Gasteiger partial charge in [-0.2, -0.15) is 5.10 Å². The van der Waals surface area contributed by atoms with Gasteiger partial charge in [0.1, 0.15) is 5.78 Å². The smallest absolute Gasteiger partial charge is 0.144 e. The molecular formula is C12H13N3O. The maximum atomic E-state index is 11.9. The Balaban J connectivity index is 1.95. The van der Waals surface area contributed by atoms with Gasteiger partial charge < -0.3 is 5.43 Å². The Kier molecular flexibility index (Phi) is 2.20. The van der Waals surface area contributed by atoms with Gasteiger partial charge in [-0.1, -0.05) is 0 Å². The molecular weight excluding hydrogens is 202 g/mol. The van der Waals surface area contributed by atoms with Gasteiger partial charge in [0, 0.05) is 24.4 Å². The molecule has 1 aromatic rings. The number of hydrogen-bond acceptors (Lipinski definition) is 4. The van der Waals surface area contributed by atoms with Crippen molar-refractivity contribution in [2.75, 3.05) is 0 Å². The molecule has 1 N–H and O–H groups in total. The van der Waals surface area contributed by atoms with Crippen molar-refractivity contribution in [2.45, 2.75) is 25.3 Å². The van der Waals surface area contributed by atoms with E-state index in [1.165, 1.54) is 0 Å². The van der Waals surface area contributed by atoms with Crippen LogP contribution in [0.15, 0.2) is 29.6 Å². The van der Waals surface area contributed by atoms with Crippen LogP contribution in [0.25, 0.3) is 0 Å². The predicted octanol–water partition coefficient (Wildman–Crippen LogP) is 1.13. The summed E-state index contributed by atoms with van der Waals surface area (Å²) < 4.78 is 0. The summed E-state index contributed by atoms with van der Waals surface area (Å²) in [5, 5.41) is 4.32. The summed E-state index contributed by atoms with van der Waals surface area (Å²) in [6.07, 6.45) is 6.17. The first kappa shape index (κ1) is 9.51. The minimum Gasteiger partial charge on any atom is -0.306 e. The van der Waals surface area contributed by atoms with Crippen LogP contribution in [0.3, 0.4) is 0 Å². The molecule has 0 saturated heterocycles. The number of fused-ring (bicyclic) bond motifs is 1. The van der Waals surface area contributed by atoms with E-state index in [0.717, 1.165) is 24.1 Å². The Morgan fingerprint density at radius 2 is 2.12 bits per heavy atom. The third kappa shape index (κ3) is 1.41. The molecule has 1 aromatic heterocycles. The van der Waals surface area contributed by atoms with Gasteiger partial charge in [-0.3, -0.25) is 9.78 Å². The highest BCUT2D eigenvalue weighted by atomic mass is 16.1. The van der Waals surface area contributed by atoms with Gasteiger partial charge in [-0.15, -0.1) is 0 Å². The molecule has 1 aliphatic carbocycles. The molecule has 3 rings (SSSR count). The lowest BCUT2D eigenvalue weighted by molar-refractivity contribution is -0.122. The topological polar surface area (TPSA) is 54.4 Å². The van der Waals surface area contributed by atoms with Crippen molar-refractivity contribution in [1.29, 1.82) is 0 Å². The molecule has 0 radical (unpaired) electrons. The molecule has 2 aliphatic rings. The second-order valence-corrected chi connectivity index (χ2v) is 4.30. The van der Waals surface area contributed by atoms with E-state index < -0.39 is 0 Å². The molecule has 4 nitrogen and oxygen atoms in total. The van der Waals surface area contributed by atoms with Crippen molar-refractivity contribution in [3.05, 3.63) is 30.1 Å². The molecule has 2 heterocycles. The van der Waals surface area contributed by atoms with Gasteiger partial charge >= 0.3 is 0 Å². The Hall–Kier alpha value is -1.71. The zero-order valence-electron chi connectivity index (χ0n) is 8.89. The quantitative estimate of drug-likeness (QED) is 0.764. The SMILES string of the molecule is O=C1CCCC2NN=C(c3ccncc3)C12. The van der Waals surface area contributed by atoms with E-state index in [2.05, 4.69) is 15.5 Å². The number of carbonyl (C=O) groups excluding carboxylic acids is 1. The Labute approximate surface area is 93.8 Å². The maximum absolute atomic E-state index is 11.9. The number of pyridine rings is 1. The highest BCUT2D eigenvalue weighted by Gasteiger charge is 2.39. The first-order valence-electron chi connectivity index (χ1n) is 5.62. The molecule has 1 aliphatic heterocycles. The summed E-state index contributed by atoms with van der Waals surface area (Å²) in [5.74, 6) is 0.271. The van der Waals surface area contributed by atoms with E-state index >= 15 is 0 Å². The molecule has 0 aromatic carbocycles. The number of Topliss-reactive ketones (excluding diaryl/α,β-unsaturated/α-hetero) is 1. The van der Waals surface area contributed by atoms with Crippen LogP contribution < -0.4 is 5.43 Å². The number of nitrogens with zero attached hydrogens (tertiary/aromatic N) is 2. The van der Waals surface area contributed by atoms with Crippen LogP contribution in [0.2, 0.25) is 0 Å². The van der Waals surface area contributed by atoms with Crippen molar-refractivity contribution >= 4 is 11.5 Å². The summed E-state index contributed by atoms with van der Waals surface area (Å²) in [6.45, 7) is 0. The maximum Gasteiger partial charge on any atom is 0.144 e. The molecule has 2 unspecified atom stereocenters. The number of ketones is 1. The molecule has 0 bridgehead atoms. The van der Waals surface area contributed by atoms with Gasteiger partial charge in [-0.05, 0) is 25.0 Å². The summed E-state index contributed by atoms with van der Waals surface area (Å²) in [6, 6.07) is 4.03. The highest BCUT2D eigenvalue weighted by Crippen LogP contribution is 2.28. The molecule has 1 fully saturated rings. The number of aromatic nitrogens is 1. The third-order valence-electron chi connectivity index (χ3n) is 3.31. The average molecular weight is 215 g/mol. The van der Waals surface area contributed by atoms with E-state index in [1.807, 2.05) is 12.1 Å². The minimum atomic E-state index is -0.0452. The van der Waals surface area contributed by atoms with Crippen LogP contribution in [-0.2, 0) is 4.79 Å². The highest BCUT2D eigenvalue weighted by molar-refractivity contribution is 6.15. The van der Waals surface area contributed by atoms with Crippen molar-refractivity contribution in [1.82, 2.24) is 10.4 Å². The van der Waals surface area contributed by atoms with Crippen LogP contribution in [0.4, 0.5) is 0 Å². The van der Waals surface area contributed by atoms with E-state index in [4.69, 9.17) is 0 Å². The fraction of sp³-hybridized carbons (Fsp3) is 0.417. The fourth-order valence-electron chi connectivity index (χ4n) is 2.51. The van der Waals surface area contributed by atoms with Gasteiger partial charge in [0.05, 0.1) is 17.7 Å². The summed E-state index contributed by atoms with van der Waals surface area (Å²) in [5.41, 5.74) is 4.98. The minimum absolute atomic E-state index is 0.0452. The van der Waals surface area contributed by atoms with E-state index in [-0.39, 0.29) is 12.0 Å². The number of carbonyl (C=O) groups is 1. The zero-order valence-corrected chi connectivity index (χ0v) is 8.89. The van der Waals surface area contributed by atoms with E-state index in [9.17, 15) is 4.79 Å².